The Labute approximate surface area is 182 Å². The van der Waals surface area contributed by atoms with Crippen molar-refractivity contribution < 1.29 is 14.6 Å². The van der Waals surface area contributed by atoms with Gasteiger partial charge in [-0.05, 0) is 46.4 Å². The minimum absolute atomic E-state index is 0.0264. The van der Waals surface area contributed by atoms with Crippen LogP contribution in [0, 0.1) is 18.8 Å². The van der Waals surface area contributed by atoms with E-state index in [1.165, 1.54) is 22.3 Å². The van der Waals surface area contributed by atoms with Crippen LogP contribution in [0.25, 0.3) is 11.1 Å². The molecule has 0 saturated heterocycles. The van der Waals surface area contributed by atoms with E-state index in [1.807, 2.05) is 49.4 Å². The minimum atomic E-state index is -0.424. The fourth-order valence-electron chi connectivity index (χ4n) is 4.00. The highest BCUT2D eigenvalue weighted by molar-refractivity contribution is 5.79. The fraction of sp³-hybridized carbons (Fsp3) is 0.222. The first kappa shape index (κ1) is 20.7. The molecule has 1 amide bonds. The molecule has 0 fully saturated rings. The average molecular weight is 412 g/mol. The van der Waals surface area contributed by atoms with Gasteiger partial charge < -0.3 is 15.2 Å². The summed E-state index contributed by atoms with van der Waals surface area (Å²) in [6, 6.07) is 22.3. The van der Waals surface area contributed by atoms with Crippen LogP contribution in [0.5, 0.6) is 0 Å². The monoisotopic (exact) mass is 411 g/mol. The molecule has 0 heterocycles. The zero-order valence-electron chi connectivity index (χ0n) is 17.5. The van der Waals surface area contributed by atoms with Crippen molar-refractivity contribution in [2.45, 2.75) is 25.9 Å². The first-order valence-corrected chi connectivity index (χ1v) is 10.5. The van der Waals surface area contributed by atoms with Crippen molar-refractivity contribution in [3.05, 3.63) is 94.5 Å². The van der Waals surface area contributed by atoms with Gasteiger partial charge in [-0.15, -0.1) is 0 Å². The third-order valence-electron chi connectivity index (χ3n) is 5.56. The summed E-state index contributed by atoms with van der Waals surface area (Å²) in [4.78, 5) is 12.2. The first-order valence-electron chi connectivity index (χ1n) is 10.5. The Morgan fingerprint density at radius 2 is 1.71 bits per heavy atom. The van der Waals surface area contributed by atoms with Gasteiger partial charge in [0.05, 0.1) is 6.61 Å². The van der Waals surface area contributed by atoms with Crippen molar-refractivity contribution in [1.82, 2.24) is 5.32 Å². The molecule has 0 aliphatic heterocycles. The summed E-state index contributed by atoms with van der Waals surface area (Å²) in [6.07, 6.45) is 0.109. The topological polar surface area (TPSA) is 58.6 Å². The number of aryl methyl sites for hydroxylation is 1. The van der Waals surface area contributed by atoms with E-state index in [2.05, 4.69) is 41.4 Å². The maximum absolute atomic E-state index is 12.2. The molecule has 1 aliphatic rings. The van der Waals surface area contributed by atoms with Crippen LogP contribution in [0.2, 0.25) is 0 Å². The molecule has 0 spiro atoms. The second kappa shape index (κ2) is 9.51. The van der Waals surface area contributed by atoms with Crippen LogP contribution in [0.4, 0.5) is 4.79 Å². The molecule has 0 atom stereocenters. The number of aliphatic hydroxyl groups is 1. The van der Waals surface area contributed by atoms with Crippen LogP contribution in [-0.4, -0.2) is 24.4 Å². The minimum Gasteiger partial charge on any atom is -0.449 e. The van der Waals surface area contributed by atoms with Gasteiger partial charge in [0.25, 0.3) is 0 Å². The summed E-state index contributed by atoms with van der Waals surface area (Å²) >= 11 is 0. The quantitative estimate of drug-likeness (QED) is 0.470. The van der Waals surface area contributed by atoms with Gasteiger partial charge in [-0.25, -0.2) is 4.79 Å². The predicted molar refractivity (Wildman–Crippen MR) is 122 cm³/mol. The maximum atomic E-state index is 12.2. The van der Waals surface area contributed by atoms with Gasteiger partial charge in [-0.1, -0.05) is 72.5 Å². The number of carbonyl (C=O) groups is 1. The van der Waals surface area contributed by atoms with Crippen LogP contribution in [0.1, 0.15) is 40.2 Å². The lowest BCUT2D eigenvalue weighted by molar-refractivity contribution is 0.143. The molecule has 4 heteroatoms. The van der Waals surface area contributed by atoms with Crippen LogP contribution < -0.4 is 5.32 Å². The van der Waals surface area contributed by atoms with Crippen LogP contribution in [0.15, 0.2) is 66.7 Å². The molecule has 0 unspecified atom stereocenters. The lowest BCUT2D eigenvalue weighted by Crippen LogP contribution is -2.26. The van der Waals surface area contributed by atoms with E-state index < -0.39 is 6.09 Å². The zero-order chi connectivity index (χ0) is 21.6. The molecule has 0 radical (unpaired) electrons. The highest BCUT2D eigenvalue weighted by atomic mass is 16.5. The average Bonchev–Trinajstić information content (AvgIpc) is 3.12. The predicted octanol–water partition coefficient (Wildman–Crippen LogP) is 4.77. The summed E-state index contributed by atoms with van der Waals surface area (Å²) in [6.45, 7) is 2.73. The van der Waals surface area contributed by atoms with E-state index >= 15 is 0 Å². The number of alkyl carbamates (subject to hydrolysis) is 1. The highest BCUT2D eigenvalue weighted by Crippen LogP contribution is 2.44. The number of amides is 1. The molecule has 1 aliphatic carbocycles. The molecule has 3 aromatic rings. The van der Waals surface area contributed by atoms with E-state index in [-0.39, 0.29) is 12.5 Å². The molecular formula is C27H25NO3. The summed E-state index contributed by atoms with van der Waals surface area (Å²) in [7, 11) is 0. The number of benzene rings is 3. The molecule has 0 bridgehead atoms. The number of aliphatic hydroxyl groups excluding tert-OH is 1. The van der Waals surface area contributed by atoms with Crippen molar-refractivity contribution in [1.29, 1.82) is 0 Å². The molecule has 0 saturated carbocycles. The molecule has 4 rings (SSSR count). The standard InChI is InChI=1S/C27H25NO3/c1-19-16-20(17-29)13-14-21(19)8-6-7-15-28-27(30)31-18-26-24-11-4-2-9-22(24)23-10-3-5-12-25(23)26/h2-5,9-14,16,26,29H,7,15,17-18H2,1H3,(H,28,30). The molecule has 0 aromatic heterocycles. The van der Waals surface area contributed by atoms with Crippen molar-refractivity contribution in [3.63, 3.8) is 0 Å². The maximum Gasteiger partial charge on any atom is 0.407 e. The van der Waals surface area contributed by atoms with Crippen LogP contribution >= 0.6 is 0 Å². The van der Waals surface area contributed by atoms with Crippen molar-refractivity contribution in [2.75, 3.05) is 13.2 Å². The Morgan fingerprint density at radius 3 is 2.35 bits per heavy atom. The third-order valence-corrected chi connectivity index (χ3v) is 5.56. The smallest absolute Gasteiger partial charge is 0.407 e. The summed E-state index contributed by atoms with van der Waals surface area (Å²) in [5.74, 6) is 6.25. The van der Waals surface area contributed by atoms with E-state index in [9.17, 15) is 9.90 Å². The van der Waals surface area contributed by atoms with E-state index in [0.717, 1.165) is 16.7 Å². The SMILES string of the molecule is Cc1cc(CO)ccc1C#CCCNC(=O)OCC1c2ccccc2-c2ccccc21. The fourth-order valence-corrected chi connectivity index (χ4v) is 4.00. The second-order valence-corrected chi connectivity index (χ2v) is 7.61. The molecule has 4 nitrogen and oxygen atoms in total. The Kier molecular flexibility index (Phi) is 6.35. The van der Waals surface area contributed by atoms with Crippen molar-refractivity contribution in [2.24, 2.45) is 0 Å². The number of fused-ring (bicyclic) bond motifs is 3. The van der Waals surface area contributed by atoms with E-state index in [1.54, 1.807) is 0 Å². The number of nitrogens with one attached hydrogen (secondary N) is 1. The largest absolute Gasteiger partial charge is 0.449 e. The van der Waals surface area contributed by atoms with Crippen molar-refractivity contribution >= 4 is 6.09 Å². The normalized spacial score (nSPS) is 11.8. The van der Waals surface area contributed by atoms with Gasteiger partial charge in [-0.2, -0.15) is 0 Å². The molecule has 156 valence electrons. The van der Waals surface area contributed by atoms with Gasteiger partial charge in [0.15, 0.2) is 0 Å². The van der Waals surface area contributed by atoms with Gasteiger partial charge in [0.1, 0.15) is 6.61 Å². The van der Waals surface area contributed by atoms with Crippen molar-refractivity contribution in [3.8, 4) is 23.0 Å². The highest BCUT2D eigenvalue weighted by Gasteiger charge is 2.28. The lowest BCUT2D eigenvalue weighted by atomic mass is 9.98. The number of ether oxygens (including phenoxy) is 1. The van der Waals surface area contributed by atoms with Gasteiger partial charge >= 0.3 is 6.09 Å². The summed E-state index contributed by atoms with van der Waals surface area (Å²) in [5.41, 5.74) is 7.66. The number of hydrogen-bond acceptors (Lipinski definition) is 3. The Bertz CT molecular complexity index is 1110. The van der Waals surface area contributed by atoms with E-state index in [0.29, 0.717) is 19.6 Å². The third kappa shape index (κ3) is 4.63. The molecule has 31 heavy (non-hydrogen) atoms. The van der Waals surface area contributed by atoms with E-state index in [4.69, 9.17) is 4.74 Å². The number of carbonyl (C=O) groups excluding carboxylic acids is 1. The van der Waals surface area contributed by atoms with Gasteiger partial charge in [0, 0.05) is 24.4 Å². The second-order valence-electron chi connectivity index (χ2n) is 7.61. The zero-order valence-corrected chi connectivity index (χ0v) is 17.5. The number of hydrogen-bond donors (Lipinski definition) is 2. The Hall–Kier alpha value is -3.55. The summed E-state index contributed by atoms with van der Waals surface area (Å²) < 4.78 is 5.53. The number of rotatable bonds is 5. The van der Waals surface area contributed by atoms with Gasteiger partial charge in [0.2, 0.25) is 0 Å². The Morgan fingerprint density at radius 1 is 1.03 bits per heavy atom. The van der Waals surface area contributed by atoms with Crippen LogP contribution in [0.3, 0.4) is 0 Å². The first-order chi connectivity index (χ1) is 15.2. The molecule has 3 aromatic carbocycles. The molecule has 2 N–H and O–H groups in total. The summed E-state index contributed by atoms with van der Waals surface area (Å²) in [5, 5.41) is 11.9. The van der Waals surface area contributed by atoms with Crippen LogP contribution in [-0.2, 0) is 11.3 Å². The van der Waals surface area contributed by atoms with Gasteiger partial charge in [-0.3, -0.25) is 0 Å². The Balaban J connectivity index is 1.28. The lowest BCUT2D eigenvalue weighted by Gasteiger charge is -2.14. The molecular weight excluding hydrogens is 386 g/mol.